The van der Waals surface area contributed by atoms with Gasteiger partial charge in [0.2, 0.25) is 0 Å². The van der Waals surface area contributed by atoms with Crippen LogP contribution in [-0.2, 0) is 0 Å². The molecule has 15 heavy (non-hydrogen) atoms. The molecule has 0 saturated carbocycles. The molecule has 0 radical (unpaired) electrons. The molecule has 1 aromatic rings. The molecule has 5 heteroatoms. The number of alkyl halides is 3. The predicted octanol–water partition coefficient (Wildman–Crippen LogP) is 3.27. The van der Waals surface area contributed by atoms with Crippen LogP contribution in [0.2, 0.25) is 0 Å². The van der Waals surface area contributed by atoms with Crippen LogP contribution in [0.5, 0.6) is 0 Å². The molecule has 0 aliphatic carbocycles. The number of rotatable bonds is 3. The van der Waals surface area contributed by atoms with Crippen molar-refractivity contribution in [3.63, 3.8) is 0 Å². The quantitative estimate of drug-likeness (QED) is 0.811. The number of benzene rings is 1. The van der Waals surface area contributed by atoms with Crippen LogP contribution < -0.4 is 5.73 Å². The maximum absolute atomic E-state index is 12.0. The fourth-order valence-electron chi connectivity index (χ4n) is 0.985. The van der Waals surface area contributed by atoms with Crippen molar-refractivity contribution in [2.45, 2.75) is 10.4 Å². The summed E-state index contributed by atoms with van der Waals surface area (Å²) in [6, 6.07) is 6.13. The van der Waals surface area contributed by atoms with Crippen LogP contribution in [0, 0.1) is 0 Å². The Bertz CT molecular complexity index is 330. The Hall–Kier alpha value is -0.940. The van der Waals surface area contributed by atoms with Crippen molar-refractivity contribution in [1.29, 1.82) is 0 Å². The first-order chi connectivity index (χ1) is 7.01. The monoisotopic (exact) mass is 233 g/mol. The number of nitrogens with two attached hydrogens (primary N) is 1. The average Bonchev–Trinajstić information content (AvgIpc) is 2.14. The number of hydrogen-bond acceptors (Lipinski definition) is 2. The van der Waals surface area contributed by atoms with Crippen molar-refractivity contribution >= 4 is 17.8 Å². The van der Waals surface area contributed by atoms with Gasteiger partial charge >= 0.3 is 5.51 Å². The van der Waals surface area contributed by atoms with Gasteiger partial charge in [0, 0.05) is 11.4 Å². The molecule has 1 aromatic carbocycles. The molecule has 0 bridgehead atoms. The molecule has 2 N–H and O–H groups in total. The van der Waals surface area contributed by atoms with E-state index in [1.165, 1.54) is 12.1 Å². The standard InChI is InChI=1S/C10H10F3NS/c11-10(12,13)15-9-5-3-8(4-6-9)2-1-7-14/h1-6H,7,14H2/b2-1+. The molecule has 0 spiro atoms. The van der Waals surface area contributed by atoms with Crippen LogP contribution in [0.3, 0.4) is 0 Å². The molecule has 1 rings (SSSR count). The molecule has 0 heterocycles. The van der Waals surface area contributed by atoms with Crippen LogP contribution >= 0.6 is 11.8 Å². The Morgan fingerprint density at radius 1 is 1.20 bits per heavy atom. The predicted molar refractivity (Wildman–Crippen MR) is 56.4 cm³/mol. The number of thioether (sulfide) groups is 1. The van der Waals surface area contributed by atoms with E-state index in [0.29, 0.717) is 6.54 Å². The van der Waals surface area contributed by atoms with Gasteiger partial charge in [0.05, 0.1) is 0 Å². The summed E-state index contributed by atoms with van der Waals surface area (Å²) < 4.78 is 35.9. The third kappa shape index (κ3) is 4.90. The number of halogens is 3. The SMILES string of the molecule is NC/C=C/c1ccc(SC(F)(F)F)cc1. The molecule has 82 valence electrons. The molecule has 0 aliphatic heterocycles. The largest absolute Gasteiger partial charge is 0.446 e. The minimum Gasteiger partial charge on any atom is -0.327 e. The second-order valence-electron chi connectivity index (χ2n) is 2.75. The highest BCUT2D eigenvalue weighted by Gasteiger charge is 2.28. The summed E-state index contributed by atoms with van der Waals surface area (Å²) in [6.45, 7) is 0.416. The number of hydrogen-bond donors (Lipinski definition) is 1. The summed E-state index contributed by atoms with van der Waals surface area (Å²) in [5, 5.41) is 0. The van der Waals surface area contributed by atoms with Gasteiger partial charge in [0.15, 0.2) is 0 Å². The van der Waals surface area contributed by atoms with Crippen molar-refractivity contribution in [1.82, 2.24) is 0 Å². The van der Waals surface area contributed by atoms with Crippen molar-refractivity contribution in [3.05, 3.63) is 35.9 Å². The molecule has 0 fully saturated rings. The van der Waals surface area contributed by atoms with E-state index in [1.807, 2.05) is 0 Å². The zero-order chi connectivity index (χ0) is 11.3. The lowest BCUT2D eigenvalue weighted by Crippen LogP contribution is -1.98. The lowest BCUT2D eigenvalue weighted by Gasteiger charge is -2.05. The smallest absolute Gasteiger partial charge is 0.327 e. The zero-order valence-corrected chi connectivity index (χ0v) is 8.61. The van der Waals surface area contributed by atoms with Gasteiger partial charge < -0.3 is 5.73 Å². The third-order valence-electron chi connectivity index (χ3n) is 1.56. The van der Waals surface area contributed by atoms with Gasteiger partial charge in [-0.1, -0.05) is 24.3 Å². The normalized spacial score (nSPS) is 12.3. The van der Waals surface area contributed by atoms with E-state index in [4.69, 9.17) is 5.73 Å². The fraction of sp³-hybridized carbons (Fsp3) is 0.200. The van der Waals surface area contributed by atoms with Gasteiger partial charge in [0.25, 0.3) is 0 Å². The van der Waals surface area contributed by atoms with Crippen molar-refractivity contribution in [3.8, 4) is 0 Å². The minimum atomic E-state index is -4.23. The van der Waals surface area contributed by atoms with E-state index in [1.54, 1.807) is 24.3 Å². The van der Waals surface area contributed by atoms with Crippen LogP contribution in [-0.4, -0.2) is 12.1 Å². The van der Waals surface area contributed by atoms with Crippen LogP contribution in [0.25, 0.3) is 6.08 Å². The maximum atomic E-state index is 12.0. The highest BCUT2D eigenvalue weighted by Crippen LogP contribution is 2.36. The van der Waals surface area contributed by atoms with Gasteiger partial charge in [-0.2, -0.15) is 13.2 Å². The highest BCUT2D eigenvalue weighted by atomic mass is 32.2. The van der Waals surface area contributed by atoms with E-state index in [2.05, 4.69) is 0 Å². The molecule has 0 amide bonds. The summed E-state index contributed by atoms with van der Waals surface area (Å²) in [5.74, 6) is 0. The summed E-state index contributed by atoms with van der Waals surface area (Å²) >= 11 is -0.115. The van der Waals surface area contributed by atoms with Gasteiger partial charge in [0.1, 0.15) is 0 Å². The van der Waals surface area contributed by atoms with Crippen molar-refractivity contribution in [2.24, 2.45) is 5.73 Å². The first kappa shape index (κ1) is 12.1. The second-order valence-corrected chi connectivity index (χ2v) is 3.89. The highest BCUT2D eigenvalue weighted by molar-refractivity contribution is 8.00. The van der Waals surface area contributed by atoms with Crippen molar-refractivity contribution in [2.75, 3.05) is 6.54 Å². The van der Waals surface area contributed by atoms with Gasteiger partial charge in [-0.3, -0.25) is 0 Å². The summed E-state index contributed by atoms with van der Waals surface area (Å²) in [4.78, 5) is 0.187. The lowest BCUT2D eigenvalue weighted by molar-refractivity contribution is -0.0328. The molecule has 0 atom stereocenters. The average molecular weight is 233 g/mol. The minimum absolute atomic E-state index is 0.115. The second kappa shape index (κ2) is 5.23. The van der Waals surface area contributed by atoms with Crippen LogP contribution in [0.15, 0.2) is 35.2 Å². The Kier molecular flexibility index (Phi) is 4.23. The molecule has 0 saturated heterocycles. The Morgan fingerprint density at radius 3 is 2.27 bits per heavy atom. The third-order valence-corrected chi connectivity index (χ3v) is 2.30. The van der Waals surface area contributed by atoms with Gasteiger partial charge in [-0.25, -0.2) is 0 Å². The summed E-state index contributed by atoms with van der Waals surface area (Å²) in [6.07, 6.45) is 3.51. The van der Waals surface area contributed by atoms with E-state index in [0.717, 1.165) is 5.56 Å². The van der Waals surface area contributed by atoms with Crippen LogP contribution in [0.1, 0.15) is 5.56 Å². The summed E-state index contributed by atoms with van der Waals surface area (Å²) in [5.41, 5.74) is 1.86. The van der Waals surface area contributed by atoms with E-state index in [-0.39, 0.29) is 16.7 Å². The molecular formula is C10H10F3NS. The first-order valence-electron chi connectivity index (χ1n) is 4.24. The Labute approximate surface area is 90.2 Å². The zero-order valence-electron chi connectivity index (χ0n) is 7.79. The van der Waals surface area contributed by atoms with Crippen LogP contribution in [0.4, 0.5) is 13.2 Å². The molecule has 0 aliphatic rings. The van der Waals surface area contributed by atoms with E-state index in [9.17, 15) is 13.2 Å². The molecule has 0 aromatic heterocycles. The van der Waals surface area contributed by atoms with Gasteiger partial charge in [-0.15, -0.1) is 0 Å². The maximum Gasteiger partial charge on any atom is 0.446 e. The van der Waals surface area contributed by atoms with E-state index >= 15 is 0 Å². The van der Waals surface area contributed by atoms with Gasteiger partial charge in [-0.05, 0) is 29.5 Å². The summed E-state index contributed by atoms with van der Waals surface area (Å²) in [7, 11) is 0. The lowest BCUT2D eigenvalue weighted by atomic mass is 10.2. The first-order valence-corrected chi connectivity index (χ1v) is 5.05. The molecular weight excluding hydrogens is 223 g/mol. The Morgan fingerprint density at radius 2 is 1.80 bits per heavy atom. The fourth-order valence-corrected chi connectivity index (χ4v) is 1.52. The van der Waals surface area contributed by atoms with Crippen molar-refractivity contribution < 1.29 is 13.2 Å². The molecule has 1 nitrogen and oxygen atoms in total. The topological polar surface area (TPSA) is 26.0 Å². The molecule has 0 unspecified atom stereocenters. The van der Waals surface area contributed by atoms with E-state index < -0.39 is 5.51 Å². The Balaban J connectivity index is 2.68.